The zero-order valence-corrected chi connectivity index (χ0v) is 60.9. The number of aliphatic hydroxyl groups excluding tert-OH is 6. The highest BCUT2D eigenvalue weighted by Crippen LogP contribution is 2.50. The fourth-order valence-electron chi connectivity index (χ4n) is 13.4. The van der Waals surface area contributed by atoms with Gasteiger partial charge in [0.2, 0.25) is 59.3 Å². The average Bonchev–Trinajstić information content (AvgIpc) is 0.767. The number of carbonyl (C=O) groups is 9. The first-order chi connectivity index (χ1) is 53.1. The van der Waals surface area contributed by atoms with Crippen LogP contribution in [-0.4, -0.2) is 196 Å². The number of halogens is 2. The highest BCUT2D eigenvalue weighted by atomic mass is 35.5. The molecule has 38 heteroatoms. The summed E-state index contributed by atoms with van der Waals surface area (Å²) in [5, 5.41) is 132. The highest BCUT2D eigenvalue weighted by molar-refractivity contribution is 6.32. The molecule has 0 saturated carbocycles. The van der Waals surface area contributed by atoms with E-state index in [1.54, 1.807) is 38.1 Å². The molecule has 7 heterocycles. The second kappa shape index (κ2) is 34.3. The van der Waals surface area contributed by atoms with Crippen LogP contribution >= 0.6 is 23.2 Å². The van der Waals surface area contributed by atoms with Crippen molar-refractivity contribution >= 4 is 76.4 Å². The van der Waals surface area contributed by atoms with Crippen molar-refractivity contribution in [3.63, 3.8) is 0 Å². The van der Waals surface area contributed by atoms with Gasteiger partial charge in [-0.25, -0.2) is 4.79 Å². The number of fused-ring (bicyclic) bond motifs is 15. The zero-order valence-electron chi connectivity index (χ0n) is 59.4. The van der Waals surface area contributed by atoms with E-state index >= 15 is 14.4 Å². The van der Waals surface area contributed by atoms with Gasteiger partial charge in [0.15, 0.2) is 29.9 Å². The lowest BCUT2D eigenvalue weighted by atomic mass is 9.84. The molecule has 6 aromatic carbocycles. The average molecular weight is 1600 g/mol. The van der Waals surface area contributed by atoms with Crippen LogP contribution < -0.4 is 73.4 Å². The van der Waals surface area contributed by atoms with Gasteiger partial charge in [-0.1, -0.05) is 59.6 Å². The van der Waals surface area contributed by atoms with Crippen molar-refractivity contribution in [3.05, 3.63) is 159 Å². The topological polar surface area (TPSA) is 583 Å². The Labute approximate surface area is 646 Å². The Morgan fingerprint density at radius 3 is 1.99 bits per heavy atom. The Bertz CT molecular complexity index is 4680. The number of nitrogens with two attached hydrogens (primary N) is 3. The van der Waals surface area contributed by atoms with Gasteiger partial charge in [-0.3, -0.25) is 38.4 Å². The first-order valence-electron chi connectivity index (χ1n) is 34.7. The molecule has 7 aliphatic rings. The summed E-state index contributed by atoms with van der Waals surface area (Å²) in [6, 6.07) is 4.78. The summed E-state index contributed by atoms with van der Waals surface area (Å²) in [4.78, 5) is 129. The van der Waals surface area contributed by atoms with E-state index in [1.807, 2.05) is 6.07 Å². The minimum atomic E-state index is -2.41. The summed E-state index contributed by atoms with van der Waals surface area (Å²) in [5.41, 5.74) is 13.3. The van der Waals surface area contributed by atoms with E-state index < -0.39 is 266 Å². The molecule has 7 aliphatic heterocycles. The van der Waals surface area contributed by atoms with Crippen LogP contribution in [0.3, 0.4) is 0 Å². The number of ether oxygens (including phenoxy) is 7. The summed E-state index contributed by atoms with van der Waals surface area (Å²) in [7, 11) is 0. The summed E-state index contributed by atoms with van der Waals surface area (Å²) in [6.07, 6.45) is -17.8. The number of carboxylic acid groups (broad SMARTS) is 1. The van der Waals surface area contributed by atoms with Gasteiger partial charge in [-0.15, -0.1) is 6.58 Å². The monoisotopic (exact) mass is 1590 g/mol. The Kier molecular flexibility index (Phi) is 25.1. The van der Waals surface area contributed by atoms with Gasteiger partial charge in [0.1, 0.15) is 95.2 Å². The van der Waals surface area contributed by atoms with Crippen LogP contribution in [0.2, 0.25) is 10.0 Å². The minimum absolute atomic E-state index is 0.159. The molecule has 11 bridgehead atoms. The minimum Gasteiger partial charge on any atom is -0.508 e. The number of amides is 8. The van der Waals surface area contributed by atoms with E-state index in [-0.39, 0.29) is 24.1 Å². The number of hydrogen-bond acceptors (Lipinski definition) is 27. The fraction of sp³-hybridized carbons (Fsp3) is 0.365. The van der Waals surface area contributed by atoms with Gasteiger partial charge in [0, 0.05) is 41.3 Å². The molecule has 0 radical (unpaired) electrons. The Hall–Kier alpha value is -11.0. The number of aliphatic hydroxyl groups is 6. The molecule has 0 spiro atoms. The maximum Gasteiger partial charge on any atom is 0.330 e. The number of phenols is 3. The number of aliphatic carboxylic acids is 1. The molecule has 0 aliphatic carbocycles. The number of phenolic OH excluding ortho intramolecular Hbond substituents is 3. The third-order valence-corrected chi connectivity index (χ3v) is 19.9. The molecule has 2 fully saturated rings. The van der Waals surface area contributed by atoms with Crippen LogP contribution in [0.4, 0.5) is 0 Å². The lowest BCUT2D eigenvalue weighted by molar-refractivity contribution is -0.334. The van der Waals surface area contributed by atoms with Crippen molar-refractivity contribution in [1.29, 1.82) is 0 Å². The lowest BCUT2D eigenvalue weighted by Crippen LogP contribution is -2.65. The number of primary amides is 2. The molecule has 8 amide bonds. The Morgan fingerprint density at radius 2 is 1.36 bits per heavy atom. The van der Waals surface area contributed by atoms with Crippen LogP contribution in [-0.2, 0) is 63.9 Å². The molecule has 112 heavy (non-hydrogen) atoms. The smallest absolute Gasteiger partial charge is 0.330 e. The number of carbonyl (C=O) groups excluding carboxylic acids is 8. The van der Waals surface area contributed by atoms with Gasteiger partial charge < -0.3 is 139 Å². The molecule has 23 N–H and O–H groups in total. The molecule has 18 atom stereocenters. The highest BCUT2D eigenvalue weighted by Gasteiger charge is 2.52. The summed E-state index contributed by atoms with van der Waals surface area (Å²) < 4.78 is 45.0. The summed E-state index contributed by atoms with van der Waals surface area (Å²) in [5.74, 6) is -17.6. The van der Waals surface area contributed by atoms with E-state index in [1.165, 1.54) is 0 Å². The molecule has 36 nitrogen and oxygen atoms in total. The SMILES string of the molecule is C=CCCOc1cccc(CN[C@@]2(C)C[C@H](O[C@H]3[C@H](Oc4c5cc6cc4Oc4ccc(cc4Cl)[C@@H](O)[C@@H](NC(=O)[C@@H](N)CC(N)=O)C(=O)N[C@@H](CC(N)=O)C(=O)N[C@H]6C(=O)N[C@H]4C(=O)N[C@H](C(=O)N[C@H](C(=O)O)c6cc(O)cc(O)c6-c6cc4ccc6O)[C@H](O)c4ccc(c(Cl)c4)O5)O[C@H](CO)[C@@H](O)[C@@H]3O)O[C@@H](C)[C@H]2O)c1. The summed E-state index contributed by atoms with van der Waals surface area (Å²) in [6.45, 7) is 6.48. The van der Waals surface area contributed by atoms with Crippen molar-refractivity contribution in [2.75, 3.05) is 13.2 Å². The molecule has 0 aromatic heterocycles. The zero-order chi connectivity index (χ0) is 81.1. The standard InChI is InChI=1S/C74H80Cl2N10O26/c1-4-5-15-106-36-8-6-7-30(16-36)27-80-74(3)26-52(107-29(2)65(74)97)111-64-62(96)61(95)49(28-87)110-73(64)112-63-47-20-34-21-48(63)109-46-14-11-33(19-40(46)76)60(94)58-71(103)84-56(72(104)105)38-22-35(88)23-44(90)53(38)37-17-31(9-12-43(37)89)54(68(100)86-58)83-69(101)55(34)82-67(99)42(25-51(79)92)81-70(102)57(85-66(98)41(77)24-50(78)91)59(93)32-10-13-45(108-47)39(75)18-32/h4,6-14,16-23,29,41-42,49,52,54-62,64-65,73,80,87-90,93-97H,1,5,15,24-28,77H2,2-3H3,(H2,78,91)(H2,79,92)(H,81,102)(H,82,99)(H,83,101)(H,84,103)(H,85,98)(H,86,100)(H,104,105)/t29-,41-,42-,49+,52-,54+,55+,56-,57+,58-,59+,60+,61+,62-,64+,65+,73-,74-/m0/s1. The molecule has 596 valence electrons. The van der Waals surface area contributed by atoms with E-state index in [4.69, 9.17) is 73.6 Å². The van der Waals surface area contributed by atoms with Crippen molar-refractivity contribution in [3.8, 4) is 62.9 Å². The van der Waals surface area contributed by atoms with Gasteiger partial charge in [0.25, 0.3) is 0 Å². The number of rotatable bonds is 19. The number of hydrogen-bond donors (Lipinski definition) is 20. The molecule has 2 saturated heterocycles. The molecule has 6 aromatic rings. The van der Waals surface area contributed by atoms with Crippen LogP contribution in [0.1, 0.15) is 103 Å². The number of aromatic hydroxyl groups is 3. The van der Waals surface area contributed by atoms with Crippen molar-refractivity contribution < 1.29 is 127 Å². The van der Waals surface area contributed by atoms with Crippen LogP contribution in [0.15, 0.2) is 116 Å². The normalized spacial score (nSPS) is 27.5. The van der Waals surface area contributed by atoms with Gasteiger partial charge in [0.05, 0.1) is 54.4 Å². The first kappa shape index (κ1) is 82.0. The fourth-order valence-corrected chi connectivity index (χ4v) is 13.9. The van der Waals surface area contributed by atoms with Crippen LogP contribution in [0.25, 0.3) is 11.1 Å². The number of carboxylic acids is 1. The predicted molar refractivity (Wildman–Crippen MR) is 388 cm³/mol. The Morgan fingerprint density at radius 1 is 0.714 bits per heavy atom. The van der Waals surface area contributed by atoms with E-state index in [0.29, 0.717) is 18.8 Å². The van der Waals surface area contributed by atoms with E-state index in [0.717, 1.165) is 84.4 Å². The number of nitrogens with one attached hydrogen (secondary N) is 7. The van der Waals surface area contributed by atoms with Crippen LogP contribution in [0, 0.1) is 0 Å². The molecular formula is C74H80Cl2N10O26. The van der Waals surface area contributed by atoms with Crippen molar-refractivity contribution in [2.24, 2.45) is 17.2 Å². The second-order valence-corrected chi connectivity index (χ2v) is 28.2. The second-order valence-electron chi connectivity index (χ2n) is 27.4. The molecular weight excluding hydrogens is 1520 g/mol. The molecule has 0 unspecified atom stereocenters. The third kappa shape index (κ3) is 18.0. The van der Waals surface area contributed by atoms with Gasteiger partial charge in [-0.2, -0.15) is 0 Å². The largest absolute Gasteiger partial charge is 0.508 e. The van der Waals surface area contributed by atoms with Crippen molar-refractivity contribution in [1.82, 2.24) is 37.2 Å². The maximum atomic E-state index is 16.1. The maximum absolute atomic E-state index is 16.1. The third-order valence-electron chi connectivity index (χ3n) is 19.3. The van der Waals surface area contributed by atoms with Crippen molar-refractivity contribution in [2.45, 2.75) is 155 Å². The molecule has 13 rings (SSSR count). The predicted octanol–water partition coefficient (Wildman–Crippen LogP) is 0.461. The van der Waals surface area contributed by atoms with E-state index in [9.17, 15) is 79.8 Å². The number of benzene rings is 6. The quantitative estimate of drug-likeness (QED) is 0.0387. The Balaban J connectivity index is 1.12. The first-order valence-corrected chi connectivity index (χ1v) is 35.5. The van der Waals surface area contributed by atoms with Crippen LogP contribution in [0.5, 0.6) is 51.7 Å². The lowest BCUT2D eigenvalue weighted by Gasteiger charge is -2.48. The van der Waals surface area contributed by atoms with Gasteiger partial charge >= 0.3 is 5.97 Å². The van der Waals surface area contributed by atoms with Gasteiger partial charge in [-0.05, 0) is 115 Å². The summed E-state index contributed by atoms with van der Waals surface area (Å²) >= 11 is 14.2. The van der Waals surface area contributed by atoms with E-state index in [2.05, 4.69) is 43.8 Å².